The molecule has 0 bridgehead atoms. The summed E-state index contributed by atoms with van der Waals surface area (Å²) in [6.07, 6.45) is 7.46. The van der Waals surface area contributed by atoms with Crippen molar-refractivity contribution in [3.63, 3.8) is 0 Å². The Balaban J connectivity index is 1.37. The average Bonchev–Trinajstić information content (AvgIpc) is 3.30. The van der Waals surface area contributed by atoms with Gasteiger partial charge in [-0.25, -0.2) is 4.68 Å². The summed E-state index contributed by atoms with van der Waals surface area (Å²) >= 11 is 0. The van der Waals surface area contributed by atoms with Crippen molar-refractivity contribution in [2.45, 2.75) is 31.8 Å². The standard InChI is InChI=1S/C20H26N6O2/c1-24-9-5-17(6-10-24)26-18(4-8-22-26)23-20(28)16-11-19(27)25(14-16)13-15-3-2-7-21-12-15/h2-4,7-8,12,16-17H,5-6,9-11,13-14H2,1H3,(H,23,28). The van der Waals surface area contributed by atoms with Crippen LogP contribution in [0.1, 0.15) is 30.9 Å². The Morgan fingerprint density at radius 2 is 2.07 bits per heavy atom. The molecule has 28 heavy (non-hydrogen) atoms. The van der Waals surface area contributed by atoms with Gasteiger partial charge in [-0.3, -0.25) is 14.6 Å². The van der Waals surface area contributed by atoms with Crippen LogP contribution < -0.4 is 5.32 Å². The molecular formula is C20H26N6O2. The number of rotatable bonds is 5. The molecule has 0 radical (unpaired) electrons. The normalized spacial score (nSPS) is 21.2. The molecule has 2 aliphatic heterocycles. The number of carbonyl (C=O) groups is 2. The van der Waals surface area contributed by atoms with Gasteiger partial charge in [0.1, 0.15) is 5.82 Å². The molecule has 0 aromatic carbocycles. The second-order valence-corrected chi connectivity index (χ2v) is 7.72. The molecule has 1 N–H and O–H groups in total. The van der Waals surface area contributed by atoms with E-state index in [1.165, 1.54) is 0 Å². The minimum absolute atomic E-state index is 0.00725. The fraction of sp³-hybridized carbons (Fsp3) is 0.500. The molecule has 0 spiro atoms. The number of nitrogens with one attached hydrogen (secondary N) is 1. The number of pyridine rings is 1. The highest BCUT2D eigenvalue weighted by Crippen LogP contribution is 2.26. The van der Waals surface area contributed by atoms with Crippen molar-refractivity contribution < 1.29 is 9.59 Å². The summed E-state index contributed by atoms with van der Waals surface area (Å²) in [7, 11) is 2.12. The zero-order valence-electron chi connectivity index (χ0n) is 16.1. The van der Waals surface area contributed by atoms with Crippen LogP contribution >= 0.6 is 0 Å². The van der Waals surface area contributed by atoms with Gasteiger partial charge in [0.2, 0.25) is 11.8 Å². The molecule has 2 aromatic heterocycles. The number of nitrogens with zero attached hydrogens (tertiary/aromatic N) is 5. The van der Waals surface area contributed by atoms with E-state index in [1.807, 2.05) is 22.9 Å². The van der Waals surface area contributed by atoms with Crippen LogP contribution in [0.3, 0.4) is 0 Å². The highest BCUT2D eigenvalue weighted by atomic mass is 16.2. The molecule has 148 valence electrons. The van der Waals surface area contributed by atoms with Crippen LogP contribution in [0.15, 0.2) is 36.8 Å². The zero-order valence-corrected chi connectivity index (χ0v) is 16.1. The summed E-state index contributed by atoms with van der Waals surface area (Å²) < 4.78 is 1.93. The van der Waals surface area contributed by atoms with E-state index in [0.29, 0.717) is 19.1 Å². The summed E-state index contributed by atoms with van der Waals surface area (Å²) in [6.45, 7) is 2.97. The van der Waals surface area contributed by atoms with Gasteiger partial charge in [0.15, 0.2) is 0 Å². The van der Waals surface area contributed by atoms with Crippen LogP contribution in [-0.2, 0) is 16.1 Å². The lowest BCUT2D eigenvalue weighted by atomic mass is 10.1. The first kappa shape index (κ1) is 18.6. The molecule has 1 atom stereocenters. The lowest BCUT2D eigenvalue weighted by molar-refractivity contribution is -0.128. The second-order valence-electron chi connectivity index (χ2n) is 7.72. The van der Waals surface area contributed by atoms with Gasteiger partial charge in [0.05, 0.1) is 18.2 Å². The SMILES string of the molecule is CN1CCC(n2nccc2NC(=O)C2CC(=O)N(Cc3cccnc3)C2)CC1. The number of aromatic nitrogens is 3. The Labute approximate surface area is 164 Å². The number of piperidine rings is 1. The monoisotopic (exact) mass is 382 g/mol. The minimum Gasteiger partial charge on any atom is -0.337 e. The van der Waals surface area contributed by atoms with Crippen LogP contribution in [0.5, 0.6) is 0 Å². The maximum absolute atomic E-state index is 12.8. The van der Waals surface area contributed by atoms with Crippen molar-refractivity contribution in [3.05, 3.63) is 42.4 Å². The fourth-order valence-corrected chi connectivity index (χ4v) is 3.98. The topological polar surface area (TPSA) is 83.4 Å². The molecule has 8 heteroatoms. The van der Waals surface area contributed by atoms with Crippen molar-refractivity contribution in [2.75, 3.05) is 32.0 Å². The largest absolute Gasteiger partial charge is 0.337 e. The number of likely N-dealkylation sites (tertiary alicyclic amines) is 2. The van der Waals surface area contributed by atoms with E-state index in [0.717, 1.165) is 37.3 Å². The summed E-state index contributed by atoms with van der Waals surface area (Å²) in [5, 5.41) is 7.43. The van der Waals surface area contributed by atoms with Gasteiger partial charge in [-0.1, -0.05) is 6.07 Å². The predicted octanol–water partition coefficient (Wildman–Crippen LogP) is 1.53. The van der Waals surface area contributed by atoms with Crippen LogP contribution in [-0.4, -0.2) is 63.1 Å². The van der Waals surface area contributed by atoms with Crippen molar-refractivity contribution in [2.24, 2.45) is 5.92 Å². The quantitative estimate of drug-likeness (QED) is 0.848. The third kappa shape index (κ3) is 4.06. The first-order valence-corrected chi connectivity index (χ1v) is 9.80. The summed E-state index contributed by atoms with van der Waals surface area (Å²) in [4.78, 5) is 33.3. The minimum atomic E-state index is -0.343. The maximum atomic E-state index is 12.8. The van der Waals surface area contributed by atoms with Crippen LogP contribution in [0.4, 0.5) is 5.82 Å². The summed E-state index contributed by atoms with van der Waals surface area (Å²) in [6, 6.07) is 5.92. The van der Waals surface area contributed by atoms with E-state index >= 15 is 0 Å². The van der Waals surface area contributed by atoms with Gasteiger partial charge in [0, 0.05) is 38.0 Å². The Hall–Kier alpha value is -2.74. The van der Waals surface area contributed by atoms with Crippen molar-refractivity contribution >= 4 is 17.6 Å². The van der Waals surface area contributed by atoms with Gasteiger partial charge in [-0.2, -0.15) is 5.10 Å². The fourth-order valence-electron chi connectivity index (χ4n) is 3.98. The van der Waals surface area contributed by atoms with Crippen molar-refractivity contribution in [3.8, 4) is 0 Å². The van der Waals surface area contributed by atoms with Crippen molar-refractivity contribution in [1.29, 1.82) is 0 Å². The van der Waals surface area contributed by atoms with E-state index in [2.05, 4.69) is 27.3 Å². The predicted molar refractivity (Wildman–Crippen MR) is 104 cm³/mol. The van der Waals surface area contributed by atoms with E-state index in [9.17, 15) is 9.59 Å². The van der Waals surface area contributed by atoms with E-state index < -0.39 is 0 Å². The molecule has 8 nitrogen and oxygen atoms in total. The first-order valence-electron chi connectivity index (χ1n) is 9.80. The molecule has 2 amide bonds. The smallest absolute Gasteiger partial charge is 0.230 e. The van der Waals surface area contributed by atoms with Crippen LogP contribution in [0.2, 0.25) is 0 Å². The third-order valence-corrected chi connectivity index (χ3v) is 5.64. The molecular weight excluding hydrogens is 356 g/mol. The van der Waals surface area contributed by atoms with E-state index in [4.69, 9.17) is 0 Å². The first-order chi connectivity index (χ1) is 13.6. The van der Waals surface area contributed by atoms with Crippen LogP contribution in [0, 0.1) is 5.92 Å². The molecule has 4 heterocycles. The highest BCUT2D eigenvalue weighted by molar-refractivity contribution is 5.96. The van der Waals surface area contributed by atoms with Crippen molar-refractivity contribution in [1.82, 2.24) is 24.6 Å². The summed E-state index contributed by atoms with van der Waals surface area (Å²) in [5.74, 6) is 0.271. The number of amides is 2. The lowest BCUT2D eigenvalue weighted by Gasteiger charge is -2.30. The molecule has 0 saturated carbocycles. The molecule has 1 unspecified atom stereocenters. The Morgan fingerprint density at radius 1 is 1.25 bits per heavy atom. The van der Waals surface area contributed by atoms with E-state index in [-0.39, 0.29) is 24.2 Å². The van der Waals surface area contributed by atoms with Gasteiger partial charge in [0.25, 0.3) is 0 Å². The van der Waals surface area contributed by atoms with Gasteiger partial charge in [-0.05, 0) is 44.6 Å². The molecule has 2 fully saturated rings. The molecule has 4 rings (SSSR count). The molecule has 2 saturated heterocycles. The number of carbonyl (C=O) groups excluding carboxylic acids is 2. The van der Waals surface area contributed by atoms with Gasteiger partial charge < -0.3 is 15.1 Å². The average molecular weight is 382 g/mol. The Bertz CT molecular complexity index is 828. The Kier molecular flexibility index (Phi) is 5.38. The van der Waals surface area contributed by atoms with Gasteiger partial charge in [-0.15, -0.1) is 0 Å². The third-order valence-electron chi connectivity index (χ3n) is 5.64. The number of hydrogen-bond donors (Lipinski definition) is 1. The molecule has 2 aliphatic rings. The summed E-state index contributed by atoms with van der Waals surface area (Å²) in [5.41, 5.74) is 0.970. The van der Waals surface area contributed by atoms with E-state index in [1.54, 1.807) is 23.5 Å². The maximum Gasteiger partial charge on any atom is 0.230 e. The number of anilines is 1. The molecule has 0 aliphatic carbocycles. The van der Waals surface area contributed by atoms with Gasteiger partial charge >= 0.3 is 0 Å². The molecule has 2 aromatic rings. The zero-order chi connectivity index (χ0) is 19.5. The number of hydrogen-bond acceptors (Lipinski definition) is 5. The second kappa shape index (κ2) is 8.10. The highest BCUT2D eigenvalue weighted by Gasteiger charge is 2.35. The Morgan fingerprint density at radius 3 is 2.82 bits per heavy atom. The van der Waals surface area contributed by atoms with Crippen LogP contribution in [0.25, 0.3) is 0 Å². The lowest BCUT2D eigenvalue weighted by Crippen LogP contribution is -2.33.